The van der Waals surface area contributed by atoms with Crippen molar-refractivity contribution in [3.05, 3.63) is 85.0 Å². The first-order valence-electron chi connectivity index (χ1n) is 13.5. The fourth-order valence-corrected chi connectivity index (χ4v) is 6.23. The Labute approximate surface area is 234 Å². The molecule has 7 rings (SSSR count). The van der Waals surface area contributed by atoms with E-state index in [2.05, 4.69) is 31.9 Å². The number of likely N-dealkylation sites (tertiary alicyclic amines) is 1. The molecule has 5 aromatic rings. The Bertz CT molecular complexity index is 1810. The van der Waals surface area contributed by atoms with Gasteiger partial charge in [0.05, 0.1) is 11.2 Å². The average Bonchev–Trinajstić information content (AvgIpc) is 3.55. The lowest BCUT2D eigenvalue weighted by Crippen LogP contribution is -2.43. The van der Waals surface area contributed by atoms with Gasteiger partial charge in [0.1, 0.15) is 35.5 Å². The van der Waals surface area contributed by atoms with Crippen molar-refractivity contribution in [3.8, 4) is 11.5 Å². The summed E-state index contributed by atoms with van der Waals surface area (Å²) < 4.78 is 22.9. The highest BCUT2D eigenvalue weighted by atomic mass is 19.1. The predicted molar refractivity (Wildman–Crippen MR) is 151 cm³/mol. The molecule has 1 aliphatic carbocycles. The number of hydrogen-bond acceptors (Lipinski definition) is 8. The van der Waals surface area contributed by atoms with Crippen LogP contribution in [-0.2, 0) is 4.79 Å². The van der Waals surface area contributed by atoms with Crippen LogP contribution in [0.1, 0.15) is 30.0 Å². The summed E-state index contributed by atoms with van der Waals surface area (Å²) in [6, 6.07) is 10.5. The molecule has 2 bridgehead atoms. The zero-order valence-electron chi connectivity index (χ0n) is 22.4. The Balaban J connectivity index is 1.16. The number of nitrogens with zero attached hydrogens (tertiary/aromatic N) is 7. The largest absolute Gasteiger partial charge is 0.457 e. The second kappa shape index (κ2) is 9.92. The van der Waals surface area contributed by atoms with Gasteiger partial charge in [0.2, 0.25) is 5.91 Å². The molecular formula is C30H27FN8O2. The van der Waals surface area contributed by atoms with Gasteiger partial charge in [0.25, 0.3) is 0 Å². The first kappa shape index (κ1) is 25.1. The second-order valence-electron chi connectivity index (χ2n) is 10.6. The molecule has 0 radical (unpaired) electrons. The number of anilines is 2. The SMILES string of the molecule is C=CC(=O)N1CC2CC[C@@H](C1)C2c1ccc2ncnc(Nc3cc(C)c(Oc4ccn5ncnc5c4)cc3F)c2n1. The number of benzene rings is 1. The maximum atomic E-state index is 15.4. The lowest BCUT2D eigenvalue weighted by molar-refractivity contribution is -0.128. The number of amides is 1. The molecule has 3 atom stereocenters. The fourth-order valence-electron chi connectivity index (χ4n) is 6.23. The van der Waals surface area contributed by atoms with Crippen molar-refractivity contribution in [1.82, 2.24) is 34.4 Å². The molecule has 5 heterocycles. The summed E-state index contributed by atoms with van der Waals surface area (Å²) in [6.07, 6.45) is 8.13. The summed E-state index contributed by atoms with van der Waals surface area (Å²) >= 11 is 0. The standard InChI is InChI=1S/C30H27FN8O2/c1-3-27(40)38-13-18-4-5-19(14-38)28(18)22-6-7-23-29(36-22)30(34-15-32-23)37-24-10-17(2)25(12-21(24)31)41-20-8-9-39-26(11-20)33-16-35-39/h3,6-12,15-16,18-19,28H,1,4-5,13-14H2,2H3,(H,32,34,37)/t18-,19?,28?/m0/s1. The highest BCUT2D eigenvalue weighted by molar-refractivity contribution is 5.88. The van der Waals surface area contributed by atoms with E-state index >= 15 is 4.39 Å². The quantitative estimate of drug-likeness (QED) is 0.288. The molecule has 11 heteroatoms. The summed E-state index contributed by atoms with van der Waals surface area (Å²) in [6.45, 7) is 6.90. The molecule has 10 nitrogen and oxygen atoms in total. The summed E-state index contributed by atoms with van der Waals surface area (Å²) in [5.74, 6) is 1.75. The molecule has 1 amide bonds. The Morgan fingerprint density at radius 2 is 1.93 bits per heavy atom. The third kappa shape index (κ3) is 4.52. The predicted octanol–water partition coefficient (Wildman–Crippen LogP) is 5.19. The molecule has 1 aromatic carbocycles. The minimum Gasteiger partial charge on any atom is -0.457 e. The second-order valence-corrected chi connectivity index (χ2v) is 10.6. The first-order chi connectivity index (χ1) is 20.0. The molecule has 0 spiro atoms. The van der Waals surface area contributed by atoms with Crippen molar-refractivity contribution in [2.45, 2.75) is 25.7 Å². The lowest BCUT2D eigenvalue weighted by atomic mass is 9.82. The van der Waals surface area contributed by atoms with Crippen LogP contribution in [0.15, 0.2) is 67.9 Å². The third-order valence-electron chi connectivity index (χ3n) is 8.16. The number of fused-ring (bicyclic) bond motifs is 4. The zero-order valence-corrected chi connectivity index (χ0v) is 22.4. The van der Waals surface area contributed by atoms with Crippen LogP contribution in [-0.4, -0.2) is 53.4 Å². The van der Waals surface area contributed by atoms with Crippen LogP contribution >= 0.6 is 0 Å². The number of aromatic nitrogens is 6. The van der Waals surface area contributed by atoms with Crippen molar-refractivity contribution in [3.63, 3.8) is 0 Å². The molecule has 1 saturated heterocycles. The number of rotatable bonds is 6. The van der Waals surface area contributed by atoms with Crippen LogP contribution in [0.5, 0.6) is 11.5 Å². The highest BCUT2D eigenvalue weighted by Crippen LogP contribution is 2.48. The highest BCUT2D eigenvalue weighted by Gasteiger charge is 2.44. The van der Waals surface area contributed by atoms with Gasteiger partial charge in [0.15, 0.2) is 11.5 Å². The number of carbonyl (C=O) groups excluding carboxylic acids is 1. The van der Waals surface area contributed by atoms with Crippen LogP contribution in [0.2, 0.25) is 0 Å². The molecule has 2 unspecified atom stereocenters. The number of hydrogen-bond donors (Lipinski definition) is 1. The molecule has 41 heavy (non-hydrogen) atoms. The number of piperidine rings is 1. The number of aryl methyl sites for hydroxylation is 1. The maximum absolute atomic E-state index is 15.4. The molecule has 2 fully saturated rings. The smallest absolute Gasteiger partial charge is 0.245 e. The van der Waals surface area contributed by atoms with Gasteiger partial charge in [-0.2, -0.15) is 5.10 Å². The number of pyridine rings is 2. The first-order valence-corrected chi connectivity index (χ1v) is 13.5. The van der Waals surface area contributed by atoms with Crippen molar-refractivity contribution < 1.29 is 13.9 Å². The van der Waals surface area contributed by atoms with Crippen LogP contribution in [0.4, 0.5) is 15.9 Å². The van der Waals surface area contributed by atoms with Crippen LogP contribution in [0.25, 0.3) is 16.7 Å². The number of nitrogens with one attached hydrogen (secondary N) is 1. The Morgan fingerprint density at radius 3 is 2.73 bits per heavy atom. The van der Waals surface area contributed by atoms with Crippen LogP contribution in [0.3, 0.4) is 0 Å². The van der Waals surface area contributed by atoms with Crippen molar-refractivity contribution in [2.75, 3.05) is 18.4 Å². The maximum Gasteiger partial charge on any atom is 0.245 e. The van der Waals surface area contributed by atoms with Gasteiger partial charge in [-0.1, -0.05) is 6.58 Å². The number of ether oxygens (including phenoxy) is 1. The number of halogens is 1. The minimum atomic E-state index is -0.491. The lowest BCUT2D eigenvalue weighted by Gasteiger charge is -2.37. The molecular weight excluding hydrogens is 523 g/mol. The van der Waals surface area contributed by atoms with Crippen molar-refractivity contribution >= 4 is 34.1 Å². The normalized spacial score (nSPS) is 20.0. The summed E-state index contributed by atoms with van der Waals surface area (Å²) in [4.78, 5) is 32.1. The van der Waals surface area contributed by atoms with E-state index in [9.17, 15) is 4.79 Å². The molecule has 1 aliphatic heterocycles. The minimum absolute atomic E-state index is 0.0168. The summed E-state index contributed by atoms with van der Waals surface area (Å²) in [5, 5.41) is 7.21. The molecule has 1 saturated carbocycles. The van der Waals surface area contributed by atoms with Crippen LogP contribution in [0, 0.1) is 24.6 Å². The van der Waals surface area contributed by atoms with Gasteiger partial charge in [0, 0.05) is 43.0 Å². The molecule has 1 N–H and O–H groups in total. The van der Waals surface area contributed by atoms with E-state index in [4.69, 9.17) is 9.72 Å². The Morgan fingerprint density at radius 1 is 1.10 bits per heavy atom. The molecule has 206 valence electrons. The Hall–Kier alpha value is -4.93. The van der Waals surface area contributed by atoms with Gasteiger partial charge in [-0.15, -0.1) is 0 Å². The summed E-state index contributed by atoms with van der Waals surface area (Å²) in [7, 11) is 0. The summed E-state index contributed by atoms with van der Waals surface area (Å²) in [5.41, 5.74) is 3.82. The topological polar surface area (TPSA) is 110 Å². The van der Waals surface area contributed by atoms with E-state index in [-0.39, 0.29) is 17.5 Å². The molecule has 4 aromatic heterocycles. The van der Waals surface area contributed by atoms with Gasteiger partial charge in [-0.3, -0.25) is 4.79 Å². The zero-order chi connectivity index (χ0) is 28.1. The Kier molecular flexibility index (Phi) is 6.06. The van der Waals surface area contributed by atoms with E-state index in [0.717, 1.165) is 24.1 Å². The number of carbonyl (C=O) groups is 1. The fraction of sp³-hybridized carbons (Fsp3) is 0.267. The van der Waals surface area contributed by atoms with Crippen molar-refractivity contribution in [2.24, 2.45) is 11.8 Å². The van der Waals surface area contributed by atoms with E-state index in [0.29, 0.717) is 58.9 Å². The third-order valence-corrected chi connectivity index (χ3v) is 8.16. The van der Waals surface area contributed by atoms with Crippen molar-refractivity contribution in [1.29, 1.82) is 0 Å². The monoisotopic (exact) mass is 550 g/mol. The van der Waals surface area contributed by atoms with E-state index in [1.54, 1.807) is 28.9 Å². The van der Waals surface area contributed by atoms with Gasteiger partial charge in [-0.25, -0.2) is 28.8 Å². The van der Waals surface area contributed by atoms with E-state index in [1.165, 1.54) is 24.8 Å². The van der Waals surface area contributed by atoms with Gasteiger partial charge >= 0.3 is 0 Å². The van der Waals surface area contributed by atoms with Crippen LogP contribution < -0.4 is 10.1 Å². The molecule has 2 aliphatic rings. The van der Waals surface area contributed by atoms with Gasteiger partial charge in [-0.05, 0) is 67.5 Å². The van der Waals surface area contributed by atoms with E-state index < -0.39 is 5.82 Å². The average molecular weight is 551 g/mol. The van der Waals surface area contributed by atoms with Gasteiger partial charge < -0.3 is 15.0 Å². The van der Waals surface area contributed by atoms with E-state index in [1.807, 2.05) is 24.0 Å².